The number of amides is 1. The lowest BCUT2D eigenvalue weighted by molar-refractivity contribution is -0.117. The summed E-state index contributed by atoms with van der Waals surface area (Å²) in [4.78, 5) is 21.4. The van der Waals surface area contributed by atoms with E-state index in [0.29, 0.717) is 34.9 Å². The number of halogens is 3. The van der Waals surface area contributed by atoms with Crippen molar-refractivity contribution in [3.8, 4) is 5.75 Å². The predicted octanol–water partition coefficient (Wildman–Crippen LogP) is 4.32. The lowest BCUT2D eigenvalue weighted by atomic mass is 9.93. The quantitative estimate of drug-likeness (QED) is 0.545. The highest BCUT2D eigenvalue weighted by Crippen LogP contribution is 2.55. The minimum absolute atomic E-state index is 0.0272. The van der Waals surface area contributed by atoms with Crippen LogP contribution in [0.1, 0.15) is 23.5 Å². The summed E-state index contributed by atoms with van der Waals surface area (Å²) >= 11 is 0. The zero-order chi connectivity index (χ0) is 23.6. The Bertz CT molecular complexity index is 1150. The summed E-state index contributed by atoms with van der Waals surface area (Å²) in [6.45, 7) is 1.89. The van der Waals surface area contributed by atoms with Crippen LogP contribution in [0, 0.1) is 30.3 Å². The molecule has 3 aromatic rings. The first-order chi connectivity index (χ1) is 15.8. The zero-order valence-corrected chi connectivity index (χ0v) is 18.1. The number of hydrogen-bond donors (Lipinski definition) is 1. The second-order valence-corrected chi connectivity index (χ2v) is 8.02. The van der Waals surface area contributed by atoms with Crippen molar-refractivity contribution in [2.45, 2.75) is 25.4 Å². The van der Waals surface area contributed by atoms with Crippen LogP contribution in [-0.4, -0.2) is 29.6 Å². The first-order valence-electron chi connectivity index (χ1n) is 10.3. The molecule has 0 saturated heterocycles. The normalized spacial score (nSPS) is 19.2. The number of nitrogens with one attached hydrogen (secondary N) is 1. The highest BCUT2D eigenvalue weighted by Gasteiger charge is 2.60. The summed E-state index contributed by atoms with van der Waals surface area (Å²) in [7, 11) is 1.52. The van der Waals surface area contributed by atoms with Gasteiger partial charge in [0, 0.05) is 24.3 Å². The van der Waals surface area contributed by atoms with Crippen LogP contribution in [0.25, 0.3) is 0 Å². The fraction of sp³-hybridized carbons (Fsp3) is 0.292. The first kappa shape index (κ1) is 22.7. The van der Waals surface area contributed by atoms with Gasteiger partial charge in [-0.3, -0.25) is 4.79 Å². The fourth-order valence-corrected chi connectivity index (χ4v) is 3.89. The van der Waals surface area contributed by atoms with Gasteiger partial charge in [-0.1, -0.05) is 0 Å². The van der Waals surface area contributed by atoms with E-state index in [0.717, 1.165) is 6.07 Å². The van der Waals surface area contributed by atoms with E-state index in [1.54, 1.807) is 6.92 Å². The number of aryl methyl sites for hydroxylation is 1. The predicted molar refractivity (Wildman–Crippen MR) is 114 cm³/mol. The highest BCUT2D eigenvalue weighted by atomic mass is 19.1. The highest BCUT2D eigenvalue weighted by molar-refractivity contribution is 5.96. The Morgan fingerprint density at radius 2 is 1.82 bits per heavy atom. The van der Waals surface area contributed by atoms with Crippen LogP contribution in [0.15, 0.2) is 48.7 Å². The molecule has 1 N–H and O–H groups in total. The molecule has 1 aliphatic carbocycles. The topological polar surface area (TPSA) is 73.3 Å². The minimum atomic E-state index is -0.956. The van der Waals surface area contributed by atoms with Crippen LogP contribution >= 0.6 is 0 Å². The standard InChI is InChI=1S/C24H22F3N3O3/c1-14-28-11-22(21(29-14)12-32-2)33-13-24(15-7-17(26)9-18(27)8-15)10-20(24)23(31)30-19-5-3-16(25)4-6-19/h3-9,11,20H,10,12-13H2,1-2H3,(H,30,31)/t20-,24+/m0/s1. The molecule has 172 valence electrons. The Hall–Kier alpha value is -3.46. The molecule has 1 amide bonds. The molecule has 2 atom stereocenters. The summed E-state index contributed by atoms with van der Waals surface area (Å²) in [5, 5.41) is 2.73. The van der Waals surface area contributed by atoms with Crippen LogP contribution in [0.4, 0.5) is 18.9 Å². The molecule has 1 heterocycles. The van der Waals surface area contributed by atoms with Gasteiger partial charge in [-0.25, -0.2) is 23.1 Å². The van der Waals surface area contributed by atoms with E-state index < -0.39 is 28.8 Å². The summed E-state index contributed by atoms with van der Waals surface area (Å²) < 4.78 is 52.3. The van der Waals surface area contributed by atoms with Crippen molar-refractivity contribution in [3.63, 3.8) is 0 Å². The van der Waals surface area contributed by atoms with E-state index in [2.05, 4.69) is 15.3 Å². The molecule has 9 heteroatoms. The number of aromatic nitrogens is 2. The van der Waals surface area contributed by atoms with Crippen molar-refractivity contribution in [1.82, 2.24) is 9.97 Å². The van der Waals surface area contributed by atoms with E-state index in [4.69, 9.17) is 9.47 Å². The van der Waals surface area contributed by atoms with Crippen LogP contribution in [0.5, 0.6) is 5.75 Å². The second-order valence-electron chi connectivity index (χ2n) is 8.02. The zero-order valence-electron chi connectivity index (χ0n) is 18.1. The SMILES string of the molecule is COCc1nc(C)ncc1OC[C@@]1(c2cc(F)cc(F)c2)C[C@H]1C(=O)Nc1ccc(F)cc1. The van der Waals surface area contributed by atoms with Gasteiger partial charge >= 0.3 is 0 Å². The van der Waals surface area contributed by atoms with Gasteiger partial charge in [0.05, 0.1) is 25.3 Å². The number of anilines is 1. The van der Waals surface area contributed by atoms with Gasteiger partial charge in [0.1, 0.15) is 29.0 Å². The Morgan fingerprint density at radius 1 is 1.12 bits per heavy atom. The molecule has 0 unspecified atom stereocenters. The number of benzene rings is 2. The van der Waals surface area contributed by atoms with E-state index in [1.807, 2.05) is 0 Å². The van der Waals surface area contributed by atoms with E-state index in [-0.39, 0.29) is 19.1 Å². The Morgan fingerprint density at radius 3 is 2.48 bits per heavy atom. The van der Waals surface area contributed by atoms with Crippen molar-refractivity contribution in [2.24, 2.45) is 5.92 Å². The van der Waals surface area contributed by atoms with Gasteiger partial charge in [-0.15, -0.1) is 0 Å². The summed E-state index contributed by atoms with van der Waals surface area (Å²) in [6, 6.07) is 8.54. The Labute approximate surface area is 188 Å². The van der Waals surface area contributed by atoms with Gasteiger partial charge in [-0.05, 0) is 55.3 Å². The number of methoxy groups -OCH3 is 1. The fourth-order valence-electron chi connectivity index (χ4n) is 3.89. The number of carbonyl (C=O) groups is 1. The molecule has 1 fully saturated rings. The van der Waals surface area contributed by atoms with Gasteiger partial charge < -0.3 is 14.8 Å². The number of ether oxygens (including phenoxy) is 2. The number of nitrogens with zero attached hydrogens (tertiary/aromatic N) is 2. The lowest BCUT2D eigenvalue weighted by Gasteiger charge is -2.20. The van der Waals surface area contributed by atoms with Crippen LogP contribution in [-0.2, 0) is 21.6 Å². The Kier molecular flexibility index (Phi) is 6.33. The largest absolute Gasteiger partial charge is 0.489 e. The molecule has 6 nitrogen and oxygen atoms in total. The van der Waals surface area contributed by atoms with Gasteiger partial charge in [0.25, 0.3) is 0 Å². The third-order valence-electron chi connectivity index (χ3n) is 5.66. The number of hydrogen-bond acceptors (Lipinski definition) is 5. The molecule has 4 rings (SSSR count). The lowest BCUT2D eigenvalue weighted by Crippen LogP contribution is -2.27. The first-order valence-corrected chi connectivity index (χ1v) is 10.3. The molecule has 0 bridgehead atoms. The third kappa shape index (κ3) is 4.98. The molecule has 0 radical (unpaired) electrons. The molecule has 1 aromatic heterocycles. The maximum Gasteiger partial charge on any atom is 0.228 e. The van der Waals surface area contributed by atoms with Gasteiger partial charge in [0.2, 0.25) is 5.91 Å². The van der Waals surface area contributed by atoms with Crippen molar-refractivity contribution in [2.75, 3.05) is 19.0 Å². The van der Waals surface area contributed by atoms with Crippen molar-refractivity contribution < 1.29 is 27.4 Å². The van der Waals surface area contributed by atoms with Crippen LogP contribution < -0.4 is 10.1 Å². The van der Waals surface area contributed by atoms with Crippen molar-refractivity contribution >= 4 is 11.6 Å². The summed E-state index contributed by atoms with van der Waals surface area (Å²) in [6.07, 6.45) is 1.82. The average Bonchev–Trinajstić information content (AvgIpc) is 3.51. The molecular formula is C24H22F3N3O3. The summed E-state index contributed by atoms with van der Waals surface area (Å²) in [5.74, 6) is -1.97. The number of carbonyl (C=O) groups excluding carboxylic acids is 1. The second kappa shape index (κ2) is 9.19. The molecule has 1 saturated carbocycles. The van der Waals surface area contributed by atoms with Crippen LogP contribution in [0.3, 0.4) is 0 Å². The number of rotatable bonds is 8. The average molecular weight is 457 g/mol. The van der Waals surface area contributed by atoms with E-state index in [9.17, 15) is 18.0 Å². The molecular weight excluding hydrogens is 435 g/mol. The molecule has 0 aliphatic heterocycles. The van der Waals surface area contributed by atoms with Crippen LogP contribution in [0.2, 0.25) is 0 Å². The van der Waals surface area contributed by atoms with E-state index >= 15 is 0 Å². The van der Waals surface area contributed by atoms with Gasteiger partial charge in [0.15, 0.2) is 5.75 Å². The third-order valence-corrected chi connectivity index (χ3v) is 5.66. The summed E-state index contributed by atoms with van der Waals surface area (Å²) in [5.41, 5.74) is 0.310. The molecule has 33 heavy (non-hydrogen) atoms. The maximum absolute atomic E-state index is 14.0. The minimum Gasteiger partial charge on any atom is -0.489 e. The smallest absolute Gasteiger partial charge is 0.228 e. The maximum atomic E-state index is 14.0. The molecule has 2 aromatic carbocycles. The van der Waals surface area contributed by atoms with E-state index in [1.165, 1.54) is 49.7 Å². The van der Waals surface area contributed by atoms with Gasteiger partial charge in [-0.2, -0.15) is 0 Å². The van der Waals surface area contributed by atoms with Crippen molar-refractivity contribution in [1.29, 1.82) is 0 Å². The Balaban J connectivity index is 1.60. The van der Waals surface area contributed by atoms with Crippen molar-refractivity contribution in [3.05, 3.63) is 83.2 Å². The molecule has 1 aliphatic rings. The molecule has 0 spiro atoms. The monoisotopic (exact) mass is 457 g/mol.